The highest BCUT2D eigenvalue weighted by atomic mass is 15.2. The Balaban J connectivity index is 1.62. The molecule has 2 fully saturated rings. The Morgan fingerprint density at radius 1 is 1.23 bits per heavy atom. The number of nitrogens with zero attached hydrogens (tertiary/aromatic N) is 3. The molecule has 5 nitrogen and oxygen atoms in total. The Morgan fingerprint density at radius 2 is 2.00 bits per heavy atom. The number of aliphatic imine (C=N–C) groups is 1. The molecular formula is C17H35N5. The van der Waals surface area contributed by atoms with Gasteiger partial charge >= 0.3 is 0 Å². The van der Waals surface area contributed by atoms with Crippen LogP contribution in [0.2, 0.25) is 0 Å². The lowest BCUT2D eigenvalue weighted by Gasteiger charge is -2.32. The van der Waals surface area contributed by atoms with E-state index >= 15 is 0 Å². The number of piperidine rings is 1. The standard InChI is InChI=1S/C17H35N5/c1-3-21-13-7-8-16(21)14-20-17(18)19-10-9-15(2)22-11-5-4-6-12-22/h15-16H,3-14H2,1-2H3,(H3,18,19,20). The third-order valence-electron chi connectivity index (χ3n) is 5.26. The van der Waals surface area contributed by atoms with Crippen molar-refractivity contribution in [1.82, 2.24) is 15.1 Å². The van der Waals surface area contributed by atoms with Crippen molar-refractivity contribution in [2.24, 2.45) is 10.7 Å². The van der Waals surface area contributed by atoms with Crippen molar-refractivity contribution in [3.8, 4) is 0 Å². The molecule has 0 aromatic heterocycles. The molecule has 0 aliphatic carbocycles. The van der Waals surface area contributed by atoms with Crippen LogP contribution in [0, 0.1) is 0 Å². The number of hydrogen-bond acceptors (Lipinski definition) is 3. The van der Waals surface area contributed by atoms with Gasteiger partial charge < -0.3 is 16.0 Å². The van der Waals surface area contributed by atoms with E-state index in [1.807, 2.05) is 0 Å². The molecule has 128 valence electrons. The summed E-state index contributed by atoms with van der Waals surface area (Å²) in [7, 11) is 0. The van der Waals surface area contributed by atoms with Crippen LogP contribution in [0.1, 0.15) is 52.4 Å². The number of hydrogen-bond donors (Lipinski definition) is 2. The van der Waals surface area contributed by atoms with Crippen LogP contribution in [0.5, 0.6) is 0 Å². The average Bonchev–Trinajstić information content (AvgIpc) is 3.01. The highest BCUT2D eigenvalue weighted by molar-refractivity contribution is 5.77. The minimum atomic E-state index is 0.595. The summed E-state index contributed by atoms with van der Waals surface area (Å²) in [6, 6.07) is 1.24. The number of likely N-dealkylation sites (tertiary alicyclic amines) is 2. The average molecular weight is 310 g/mol. The molecule has 0 radical (unpaired) electrons. The molecule has 2 aliphatic heterocycles. The molecular weight excluding hydrogens is 274 g/mol. The minimum Gasteiger partial charge on any atom is -0.370 e. The number of nitrogens with one attached hydrogen (secondary N) is 1. The molecule has 0 aromatic carbocycles. The first-order valence-electron chi connectivity index (χ1n) is 9.22. The lowest BCUT2D eigenvalue weighted by Crippen LogP contribution is -2.41. The summed E-state index contributed by atoms with van der Waals surface area (Å²) in [5, 5.41) is 3.29. The zero-order valence-corrected chi connectivity index (χ0v) is 14.6. The maximum absolute atomic E-state index is 6.01. The van der Waals surface area contributed by atoms with E-state index in [-0.39, 0.29) is 0 Å². The third-order valence-corrected chi connectivity index (χ3v) is 5.26. The van der Waals surface area contributed by atoms with Crippen LogP contribution in [0.15, 0.2) is 4.99 Å². The van der Waals surface area contributed by atoms with Crippen molar-refractivity contribution in [2.45, 2.75) is 64.5 Å². The Bertz CT molecular complexity index is 338. The summed E-state index contributed by atoms with van der Waals surface area (Å²) in [5.41, 5.74) is 6.01. The van der Waals surface area contributed by atoms with Gasteiger partial charge in [0.2, 0.25) is 0 Å². The number of likely N-dealkylation sites (N-methyl/N-ethyl adjacent to an activating group) is 1. The summed E-state index contributed by atoms with van der Waals surface area (Å²) in [6.45, 7) is 11.2. The number of guanidine groups is 1. The normalized spacial score (nSPS) is 26.3. The van der Waals surface area contributed by atoms with Crippen LogP contribution in [0.3, 0.4) is 0 Å². The number of rotatable bonds is 7. The van der Waals surface area contributed by atoms with E-state index in [2.05, 4.69) is 34.0 Å². The second-order valence-electron chi connectivity index (χ2n) is 6.81. The summed E-state index contributed by atoms with van der Waals surface area (Å²) in [4.78, 5) is 9.66. The molecule has 2 atom stereocenters. The summed E-state index contributed by atoms with van der Waals surface area (Å²) in [6.07, 6.45) is 7.82. The van der Waals surface area contributed by atoms with E-state index < -0.39 is 0 Å². The van der Waals surface area contributed by atoms with Gasteiger partial charge in [-0.1, -0.05) is 13.3 Å². The Labute approximate surface area is 136 Å². The molecule has 5 heteroatoms. The molecule has 0 bridgehead atoms. The largest absolute Gasteiger partial charge is 0.370 e. The van der Waals surface area contributed by atoms with Gasteiger partial charge in [-0.25, -0.2) is 0 Å². The zero-order chi connectivity index (χ0) is 15.8. The molecule has 2 rings (SSSR count). The van der Waals surface area contributed by atoms with Crippen molar-refractivity contribution in [3.05, 3.63) is 0 Å². The van der Waals surface area contributed by atoms with Crippen molar-refractivity contribution < 1.29 is 0 Å². The molecule has 2 saturated heterocycles. The second-order valence-corrected chi connectivity index (χ2v) is 6.81. The minimum absolute atomic E-state index is 0.595. The van der Waals surface area contributed by atoms with Crippen LogP contribution in [0.4, 0.5) is 0 Å². The fourth-order valence-corrected chi connectivity index (χ4v) is 3.73. The summed E-state index contributed by atoms with van der Waals surface area (Å²) < 4.78 is 0. The van der Waals surface area contributed by atoms with E-state index in [9.17, 15) is 0 Å². The van der Waals surface area contributed by atoms with Crippen LogP contribution in [-0.2, 0) is 0 Å². The molecule has 3 N–H and O–H groups in total. The molecule has 2 heterocycles. The summed E-state index contributed by atoms with van der Waals surface area (Å²) in [5.74, 6) is 0.619. The van der Waals surface area contributed by atoms with Crippen molar-refractivity contribution in [3.63, 3.8) is 0 Å². The first-order valence-corrected chi connectivity index (χ1v) is 9.22. The van der Waals surface area contributed by atoms with Crippen LogP contribution < -0.4 is 11.1 Å². The maximum atomic E-state index is 6.01. The van der Waals surface area contributed by atoms with E-state index in [1.54, 1.807) is 0 Å². The SMILES string of the molecule is CCN1CCCC1CN=C(N)NCCC(C)N1CCCCC1. The fourth-order valence-electron chi connectivity index (χ4n) is 3.73. The zero-order valence-electron chi connectivity index (χ0n) is 14.6. The molecule has 0 aromatic rings. The van der Waals surface area contributed by atoms with Crippen molar-refractivity contribution in [2.75, 3.05) is 39.3 Å². The molecule has 0 amide bonds. The van der Waals surface area contributed by atoms with Crippen LogP contribution in [-0.4, -0.2) is 67.1 Å². The van der Waals surface area contributed by atoms with Gasteiger partial charge in [0.1, 0.15) is 0 Å². The lowest BCUT2D eigenvalue weighted by atomic mass is 10.1. The Morgan fingerprint density at radius 3 is 2.73 bits per heavy atom. The highest BCUT2D eigenvalue weighted by Crippen LogP contribution is 2.16. The first kappa shape index (κ1) is 17.5. The molecule has 2 unspecified atom stereocenters. The monoisotopic (exact) mass is 309 g/mol. The quantitative estimate of drug-likeness (QED) is 0.554. The molecule has 2 aliphatic rings. The molecule has 22 heavy (non-hydrogen) atoms. The number of nitrogens with two attached hydrogens (primary N) is 1. The maximum Gasteiger partial charge on any atom is 0.188 e. The van der Waals surface area contributed by atoms with Crippen molar-refractivity contribution >= 4 is 5.96 Å². The van der Waals surface area contributed by atoms with Gasteiger partial charge in [-0.15, -0.1) is 0 Å². The molecule has 0 spiro atoms. The van der Waals surface area contributed by atoms with E-state index in [1.165, 1.54) is 51.7 Å². The predicted molar refractivity (Wildman–Crippen MR) is 94.3 cm³/mol. The summed E-state index contributed by atoms with van der Waals surface area (Å²) >= 11 is 0. The third kappa shape index (κ3) is 5.43. The van der Waals surface area contributed by atoms with Crippen molar-refractivity contribution in [1.29, 1.82) is 0 Å². The predicted octanol–water partition coefficient (Wildman–Crippen LogP) is 1.64. The van der Waals surface area contributed by atoms with Gasteiger partial charge in [0.05, 0.1) is 6.54 Å². The van der Waals surface area contributed by atoms with Crippen LogP contribution in [0.25, 0.3) is 0 Å². The lowest BCUT2D eigenvalue weighted by molar-refractivity contribution is 0.167. The van der Waals surface area contributed by atoms with E-state index in [4.69, 9.17) is 5.73 Å². The second kappa shape index (κ2) is 9.36. The topological polar surface area (TPSA) is 56.9 Å². The van der Waals surface area contributed by atoms with Gasteiger partial charge in [0.15, 0.2) is 5.96 Å². The van der Waals surface area contributed by atoms with Gasteiger partial charge in [0, 0.05) is 18.6 Å². The van der Waals surface area contributed by atoms with Gasteiger partial charge in [0.25, 0.3) is 0 Å². The highest BCUT2D eigenvalue weighted by Gasteiger charge is 2.22. The molecule has 0 saturated carbocycles. The van der Waals surface area contributed by atoms with E-state index in [0.717, 1.165) is 26.1 Å². The van der Waals surface area contributed by atoms with Gasteiger partial charge in [-0.2, -0.15) is 0 Å². The van der Waals surface area contributed by atoms with Gasteiger partial charge in [-0.3, -0.25) is 9.89 Å². The Hall–Kier alpha value is -0.810. The van der Waals surface area contributed by atoms with Gasteiger partial charge in [-0.05, 0) is 65.2 Å². The van der Waals surface area contributed by atoms with E-state index in [0.29, 0.717) is 18.0 Å². The Kier molecular flexibility index (Phi) is 7.46. The van der Waals surface area contributed by atoms with Crippen LogP contribution >= 0.6 is 0 Å². The first-order chi connectivity index (χ1) is 10.7. The smallest absolute Gasteiger partial charge is 0.188 e. The fraction of sp³-hybridized carbons (Fsp3) is 0.941.